The van der Waals surface area contributed by atoms with Crippen LogP contribution in [0.4, 0.5) is 0 Å². The Morgan fingerprint density at radius 1 is 1.26 bits per heavy atom. The van der Waals surface area contributed by atoms with Gasteiger partial charge in [0, 0.05) is 37.7 Å². The highest BCUT2D eigenvalue weighted by atomic mass is 32.1. The number of carbonyl (C=O) groups excluding carboxylic acids is 1. The van der Waals surface area contributed by atoms with E-state index in [1.54, 1.807) is 19.0 Å². The van der Waals surface area contributed by atoms with Crippen LogP contribution in [0.25, 0.3) is 21.1 Å². The Hall–Kier alpha value is -3.28. The van der Waals surface area contributed by atoms with Crippen molar-refractivity contribution in [1.29, 1.82) is 5.26 Å². The summed E-state index contributed by atoms with van der Waals surface area (Å²) in [5.41, 5.74) is 5.10. The average Bonchev–Trinajstić information content (AvgIpc) is 3.49. The van der Waals surface area contributed by atoms with Crippen LogP contribution >= 0.6 is 11.3 Å². The lowest BCUT2D eigenvalue weighted by molar-refractivity contribution is -0.128. The molecular formula is C27H31N5O2S. The highest BCUT2D eigenvalue weighted by molar-refractivity contribution is 7.17. The molecule has 3 aromatic rings. The number of hydrogen-bond donors (Lipinski definition) is 1. The Morgan fingerprint density at radius 2 is 2.06 bits per heavy atom. The third-order valence-electron chi connectivity index (χ3n) is 6.09. The molecule has 4 rings (SSSR count). The summed E-state index contributed by atoms with van der Waals surface area (Å²) in [5, 5.41) is 23.8. The van der Waals surface area contributed by atoms with E-state index >= 15 is 0 Å². The number of amides is 1. The molecule has 8 heteroatoms. The lowest BCUT2D eigenvalue weighted by Gasteiger charge is -2.15. The third-order valence-corrected chi connectivity index (χ3v) is 7.10. The van der Waals surface area contributed by atoms with Crippen LogP contribution in [0.3, 0.4) is 0 Å². The number of benzene rings is 2. The van der Waals surface area contributed by atoms with Gasteiger partial charge in [-0.15, -0.1) is 10.2 Å². The quantitative estimate of drug-likeness (QED) is 0.427. The fraction of sp³-hybridized carbons (Fsp3) is 0.407. The zero-order valence-corrected chi connectivity index (χ0v) is 21.5. The van der Waals surface area contributed by atoms with E-state index in [1.807, 2.05) is 32.0 Å². The van der Waals surface area contributed by atoms with Crippen LogP contribution in [0.5, 0.6) is 5.75 Å². The Bertz CT molecular complexity index is 1240. The zero-order valence-electron chi connectivity index (χ0n) is 20.7. The summed E-state index contributed by atoms with van der Waals surface area (Å²) in [6.45, 7) is 4.70. The fourth-order valence-corrected chi connectivity index (χ4v) is 5.25. The molecule has 1 N–H and O–H groups in total. The van der Waals surface area contributed by atoms with E-state index in [1.165, 1.54) is 22.5 Å². The Kier molecular flexibility index (Phi) is 7.79. The van der Waals surface area contributed by atoms with Gasteiger partial charge in [0.15, 0.2) is 0 Å². The van der Waals surface area contributed by atoms with Crippen molar-refractivity contribution >= 4 is 17.2 Å². The predicted molar refractivity (Wildman–Crippen MR) is 138 cm³/mol. The molecule has 0 fully saturated rings. The molecule has 1 aliphatic carbocycles. The van der Waals surface area contributed by atoms with Crippen LogP contribution in [0.2, 0.25) is 0 Å². The van der Waals surface area contributed by atoms with Crippen molar-refractivity contribution in [2.75, 3.05) is 20.6 Å². The number of rotatable bonds is 9. The van der Waals surface area contributed by atoms with E-state index in [9.17, 15) is 10.1 Å². The van der Waals surface area contributed by atoms with Crippen LogP contribution < -0.4 is 10.1 Å². The molecule has 1 aliphatic rings. The monoisotopic (exact) mass is 489 g/mol. The molecule has 0 unspecified atom stereocenters. The Morgan fingerprint density at radius 3 is 2.80 bits per heavy atom. The summed E-state index contributed by atoms with van der Waals surface area (Å²) >= 11 is 1.54. The Balaban J connectivity index is 1.49. The lowest BCUT2D eigenvalue weighted by Crippen LogP contribution is -2.25. The maximum atomic E-state index is 11.8. The first kappa shape index (κ1) is 24.8. The first-order valence-electron chi connectivity index (χ1n) is 12.0. The molecule has 0 bridgehead atoms. The van der Waals surface area contributed by atoms with Crippen LogP contribution in [0.15, 0.2) is 36.4 Å². The molecule has 1 atom stereocenters. The number of fused-ring (bicyclic) bond motifs is 1. The summed E-state index contributed by atoms with van der Waals surface area (Å²) < 4.78 is 5.74. The van der Waals surface area contributed by atoms with Crippen molar-refractivity contribution in [3.63, 3.8) is 0 Å². The SMILES string of the molecule is CC(C)Oc1ccc(-c2nnc(-c3cccc4c3CC[C@@H]4NCCCC(=O)N(C)C)s2)cc1C#N. The van der Waals surface area contributed by atoms with Crippen molar-refractivity contribution in [3.05, 3.63) is 53.1 Å². The van der Waals surface area contributed by atoms with E-state index in [0.717, 1.165) is 46.9 Å². The van der Waals surface area contributed by atoms with Gasteiger partial charge in [0.05, 0.1) is 11.7 Å². The van der Waals surface area contributed by atoms with E-state index in [-0.39, 0.29) is 12.0 Å². The van der Waals surface area contributed by atoms with Gasteiger partial charge in [0.2, 0.25) is 5.91 Å². The molecule has 0 saturated carbocycles. The van der Waals surface area contributed by atoms with Gasteiger partial charge in [-0.3, -0.25) is 4.79 Å². The number of nitrogens with one attached hydrogen (secondary N) is 1. The number of nitriles is 1. The minimum atomic E-state index is 0.000102. The number of nitrogens with zero attached hydrogens (tertiary/aromatic N) is 4. The Labute approximate surface area is 210 Å². The molecule has 0 spiro atoms. The van der Waals surface area contributed by atoms with Crippen LogP contribution in [-0.2, 0) is 11.2 Å². The van der Waals surface area contributed by atoms with Gasteiger partial charge in [-0.2, -0.15) is 5.26 Å². The lowest BCUT2D eigenvalue weighted by atomic mass is 10.0. The summed E-state index contributed by atoms with van der Waals surface area (Å²) in [6.07, 6.45) is 3.40. The van der Waals surface area contributed by atoms with Crippen molar-refractivity contribution in [3.8, 4) is 33.0 Å². The second-order valence-electron chi connectivity index (χ2n) is 9.21. The number of carbonyl (C=O) groups is 1. The first-order valence-corrected chi connectivity index (χ1v) is 12.8. The van der Waals surface area contributed by atoms with Crippen molar-refractivity contribution < 1.29 is 9.53 Å². The van der Waals surface area contributed by atoms with Gasteiger partial charge in [0.25, 0.3) is 0 Å². The van der Waals surface area contributed by atoms with Crippen molar-refractivity contribution in [1.82, 2.24) is 20.4 Å². The number of ether oxygens (including phenoxy) is 1. The van der Waals surface area contributed by atoms with Crippen molar-refractivity contribution in [2.45, 2.75) is 51.7 Å². The molecule has 7 nitrogen and oxygen atoms in total. The normalized spacial score (nSPS) is 14.6. The second-order valence-corrected chi connectivity index (χ2v) is 10.2. The maximum Gasteiger partial charge on any atom is 0.222 e. The van der Waals surface area contributed by atoms with Gasteiger partial charge in [0.1, 0.15) is 21.8 Å². The summed E-state index contributed by atoms with van der Waals surface area (Å²) in [6, 6.07) is 14.5. The molecule has 1 aromatic heterocycles. The molecule has 1 heterocycles. The van der Waals surface area contributed by atoms with Crippen LogP contribution in [0, 0.1) is 11.3 Å². The second kappa shape index (κ2) is 11.0. The summed E-state index contributed by atoms with van der Waals surface area (Å²) in [4.78, 5) is 13.4. The minimum absolute atomic E-state index is 0.000102. The number of aromatic nitrogens is 2. The molecule has 182 valence electrons. The molecule has 0 aliphatic heterocycles. The topological polar surface area (TPSA) is 91.1 Å². The molecule has 1 amide bonds. The van der Waals surface area contributed by atoms with Gasteiger partial charge in [-0.25, -0.2) is 0 Å². The average molecular weight is 490 g/mol. The summed E-state index contributed by atoms with van der Waals surface area (Å²) in [5.74, 6) is 0.749. The van der Waals surface area contributed by atoms with Gasteiger partial charge >= 0.3 is 0 Å². The predicted octanol–water partition coefficient (Wildman–Crippen LogP) is 4.98. The third kappa shape index (κ3) is 5.69. The highest BCUT2D eigenvalue weighted by Gasteiger charge is 2.26. The fourth-order valence-electron chi connectivity index (χ4n) is 4.36. The standard InChI is InChI=1S/C27H31N5O2S/c1-17(2)34-24-13-10-18(15-19(24)16-28)26-30-31-27(35-26)22-8-5-7-21-20(22)11-12-23(21)29-14-6-9-25(33)32(3)4/h5,7-8,10,13,15,17,23,29H,6,9,11-12,14H2,1-4H3/t23-/m0/s1. The molecule has 35 heavy (non-hydrogen) atoms. The molecule has 0 saturated heterocycles. The summed E-state index contributed by atoms with van der Waals surface area (Å²) in [7, 11) is 3.59. The maximum absolute atomic E-state index is 11.8. The molecule has 2 aromatic carbocycles. The van der Waals surface area contributed by atoms with Gasteiger partial charge < -0.3 is 15.0 Å². The van der Waals surface area contributed by atoms with Gasteiger partial charge in [-0.1, -0.05) is 29.5 Å². The number of hydrogen-bond acceptors (Lipinski definition) is 7. The van der Waals surface area contributed by atoms with E-state index < -0.39 is 0 Å². The van der Waals surface area contributed by atoms with Gasteiger partial charge in [-0.05, 0) is 69.0 Å². The van der Waals surface area contributed by atoms with Crippen molar-refractivity contribution in [2.24, 2.45) is 0 Å². The van der Waals surface area contributed by atoms with Crippen LogP contribution in [0.1, 0.15) is 55.8 Å². The zero-order chi connectivity index (χ0) is 24.9. The van der Waals surface area contributed by atoms with E-state index in [2.05, 4.69) is 39.8 Å². The smallest absolute Gasteiger partial charge is 0.222 e. The minimum Gasteiger partial charge on any atom is -0.490 e. The molecule has 0 radical (unpaired) electrons. The van der Waals surface area contributed by atoms with Crippen LogP contribution in [-0.4, -0.2) is 47.7 Å². The van der Waals surface area contributed by atoms with E-state index in [4.69, 9.17) is 4.74 Å². The highest BCUT2D eigenvalue weighted by Crippen LogP contribution is 2.40. The largest absolute Gasteiger partial charge is 0.490 e. The van der Waals surface area contributed by atoms with E-state index in [0.29, 0.717) is 23.8 Å². The molecular weight excluding hydrogens is 458 g/mol. The first-order chi connectivity index (χ1) is 16.9.